The van der Waals surface area contributed by atoms with Gasteiger partial charge in [-0.1, -0.05) is 6.07 Å². The van der Waals surface area contributed by atoms with E-state index >= 15 is 0 Å². The minimum Gasteiger partial charge on any atom is -0.383 e. The molecule has 0 radical (unpaired) electrons. The number of benzene rings is 1. The summed E-state index contributed by atoms with van der Waals surface area (Å²) in [7, 11) is 0. The van der Waals surface area contributed by atoms with Crippen molar-refractivity contribution in [3.05, 3.63) is 29.3 Å². The highest BCUT2D eigenvalue weighted by Crippen LogP contribution is 2.38. The first-order chi connectivity index (χ1) is 8.55. The van der Waals surface area contributed by atoms with Gasteiger partial charge in [-0.25, -0.2) is 0 Å². The van der Waals surface area contributed by atoms with Crippen LogP contribution in [0.4, 0.5) is 18.9 Å². The second-order valence-electron chi connectivity index (χ2n) is 4.96. The lowest BCUT2D eigenvalue weighted by atomic mass is 9.92. The fourth-order valence-electron chi connectivity index (χ4n) is 2.74. The van der Waals surface area contributed by atoms with E-state index in [4.69, 9.17) is 0 Å². The minimum atomic E-state index is -4.26. The summed E-state index contributed by atoms with van der Waals surface area (Å²) in [5.41, 5.74) is 0.576. The van der Waals surface area contributed by atoms with Gasteiger partial charge in [-0.05, 0) is 43.6 Å². The van der Waals surface area contributed by atoms with Gasteiger partial charge in [0, 0.05) is 18.3 Å². The molecule has 1 unspecified atom stereocenters. The van der Waals surface area contributed by atoms with Crippen LogP contribution < -0.4 is 5.32 Å². The third-order valence-corrected chi connectivity index (χ3v) is 3.86. The molecule has 1 N–H and O–H groups in total. The van der Waals surface area contributed by atoms with E-state index in [1.165, 1.54) is 12.1 Å². The molecule has 0 aliphatic carbocycles. The van der Waals surface area contributed by atoms with Gasteiger partial charge >= 0.3 is 6.18 Å². The number of alkyl halides is 3. The van der Waals surface area contributed by atoms with Crippen LogP contribution in [0.5, 0.6) is 0 Å². The zero-order valence-corrected chi connectivity index (χ0v) is 9.93. The van der Waals surface area contributed by atoms with E-state index in [2.05, 4.69) is 10.2 Å². The first-order valence-corrected chi connectivity index (χ1v) is 6.23. The van der Waals surface area contributed by atoms with Crippen molar-refractivity contribution < 1.29 is 13.2 Å². The number of nitrogens with one attached hydrogen (secondary N) is 1. The molecule has 18 heavy (non-hydrogen) atoms. The number of likely N-dealkylation sites (tertiary alicyclic amines) is 1. The summed E-state index contributed by atoms with van der Waals surface area (Å²) in [6.45, 7) is 2.76. The second-order valence-corrected chi connectivity index (χ2v) is 4.96. The average molecular weight is 256 g/mol. The maximum atomic E-state index is 13.0. The fraction of sp³-hybridized carbons (Fsp3) is 0.538. The third kappa shape index (κ3) is 1.96. The highest BCUT2D eigenvalue weighted by atomic mass is 19.4. The summed E-state index contributed by atoms with van der Waals surface area (Å²) in [6, 6.07) is 4.59. The van der Waals surface area contributed by atoms with Crippen LogP contribution >= 0.6 is 0 Å². The van der Waals surface area contributed by atoms with Crippen LogP contribution in [0.25, 0.3) is 0 Å². The summed E-state index contributed by atoms with van der Waals surface area (Å²) in [4.78, 5) is 2.25. The molecule has 0 saturated carbocycles. The lowest BCUT2D eigenvalue weighted by Gasteiger charge is -2.41. The molecule has 2 aliphatic rings. The molecule has 1 saturated heterocycles. The molecule has 2 nitrogen and oxygen atoms in total. The van der Waals surface area contributed by atoms with Crippen molar-refractivity contribution in [1.82, 2.24) is 4.90 Å². The maximum Gasteiger partial charge on any atom is 0.416 e. The van der Waals surface area contributed by atoms with E-state index in [0.717, 1.165) is 26.1 Å². The van der Waals surface area contributed by atoms with Gasteiger partial charge in [-0.15, -0.1) is 0 Å². The summed E-state index contributed by atoms with van der Waals surface area (Å²) in [6.07, 6.45) is -2.61. The van der Waals surface area contributed by atoms with Crippen molar-refractivity contribution in [2.75, 3.05) is 25.0 Å². The Balaban J connectivity index is 1.92. The number of rotatable bonds is 1. The van der Waals surface area contributed by atoms with Crippen LogP contribution in [0.3, 0.4) is 0 Å². The molecule has 5 heteroatoms. The summed E-state index contributed by atoms with van der Waals surface area (Å²) >= 11 is 0. The van der Waals surface area contributed by atoms with Gasteiger partial charge in [-0.2, -0.15) is 13.2 Å². The molecule has 1 atom stereocenters. The molecule has 0 amide bonds. The standard InChI is InChI=1S/C13H15F3N2/c14-13(15,16)11-3-1-4-12-10(11)7-9(8-17-12)18-5-2-6-18/h1,3-4,9,17H,2,5-8H2. The zero-order valence-electron chi connectivity index (χ0n) is 9.93. The molecule has 0 bridgehead atoms. The Labute approximate surface area is 104 Å². The molecule has 0 aromatic heterocycles. The van der Waals surface area contributed by atoms with Crippen LogP contribution in [0.1, 0.15) is 17.5 Å². The van der Waals surface area contributed by atoms with Crippen LogP contribution in [0, 0.1) is 0 Å². The number of fused-ring (bicyclic) bond motifs is 1. The predicted octanol–water partition coefficient (Wildman–Crippen LogP) is 2.75. The van der Waals surface area contributed by atoms with E-state index in [1.807, 2.05) is 0 Å². The lowest BCUT2D eigenvalue weighted by Crippen LogP contribution is -2.50. The Morgan fingerprint density at radius 1 is 1.22 bits per heavy atom. The van der Waals surface area contributed by atoms with Gasteiger partial charge in [0.25, 0.3) is 0 Å². The molecule has 0 spiro atoms. The zero-order chi connectivity index (χ0) is 12.8. The first kappa shape index (κ1) is 11.8. The lowest BCUT2D eigenvalue weighted by molar-refractivity contribution is -0.138. The Morgan fingerprint density at radius 2 is 2.00 bits per heavy atom. The Kier molecular flexibility index (Phi) is 2.73. The third-order valence-electron chi connectivity index (χ3n) is 3.86. The SMILES string of the molecule is FC(F)(F)c1cccc2c1CC(N1CCC1)CN2. The number of hydrogen-bond acceptors (Lipinski definition) is 2. The maximum absolute atomic E-state index is 13.0. The molecular formula is C13H15F3N2. The Hall–Kier alpha value is -1.23. The van der Waals surface area contributed by atoms with E-state index in [1.54, 1.807) is 6.07 Å². The topological polar surface area (TPSA) is 15.3 Å². The fourth-order valence-corrected chi connectivity index (χ4v) is 2.74. The van der Waals surface area contributed by atoms with Crippen molar-refractivity contribution in [2.45, 2.75) is 25.1 Å². The summed E-state index contributed by atoms with van der Waals surface area (Å²) in [5.74, 6) is 0. The Bertz CT molecular complexity index is 452. The monoisotopic (exact) mass is 256 g/mol. The minimum absolute atomic E-state index is 0.203. The van der Waals surface area contributed by atoms with Gasteiger partial charge in [-0.3, -0.25) is 4.90 Å². The largest absolute Gasteiger partial charge is 0.416 e. The molecular weight excluding hydrogens is 241 g/mol. The van der Waals surface area contributed by atoms with E-state index in [9.17, 15) is 13.2 Å². The number of halogens is 3. The number of hydrogen-bond donors (Lipinski definition) is 1. The van der Waals surface area contributed by atoms with Crippen LogP contribution in [-0.4, -0.2) is 30.6 Å². The quantitative estimate of drug-likeness (QED) is 0.831. The molecule has 1 aromatic rings. The smallest absolute Gasteiger partial charge is 0.383 e. The van der Waals surface area contributed by atoms with Gasteiger partial charge in [0.15, 0.2) is 0 Å². The second kappa shape index (κ2) is 4.16. The van der Waals surface area contributed by atoms with Crippen LogP contribution in [0.2, 0.25) is 0 Å². The highest BCUT2D eigenvalue weighted by molar-refractivity contribution is 5.58. The molecule has 2 aliphatic heterocycles. The first-order valence-electron chi connectivity index (χ1n) is 6.23. The molecule has 98 valence electrons. The van der Waals surface area contributed by atoms with Crippen molar-refractivity contribution in [1.29, 1.82) is 0 Å². The average Bonchev–Trinajstić information content (AvgIpc) is 2.24. The van der Waals surface area contributed by atoms with Crippen molar-refractivity contribution >= 4 is 5.69 Å². The molecule has 2 heterocycles. The predicted molar refractivity (Wildman–Crippen MR) is 63.6 cm³/mol. The highest BCUT2D eigenvalue weighted by Gasteiger charge is 2.37. The van der Waals surface area contributed by atoms with E-state index in [-0.39, 0.29) is 6.04 Å². The van der Waals surface area contributed by atoms with Crippen LogP contribution in [0.15, 0.2) is 18.2 Å². The summed E-state index contributed by atoms with van der Waals surface area (Å²) in [5, 5.41) is 3.13. The van der Waals surface area contributed by atoms with Gasteiger partial charge in [0.05, 0.1) is 5.56 Å². The van der Waals surface area contributed by atoms with Gasteiger partial charge < -0.3 is 5.32 Å². The molecule has 1 fully saturated rings. The molecule has 1 aromatic carbocycles. The number of nitrogens with zero attached hydrogens (tertiary/aromatic N) is 1. The van der Waals surface area contributed by atoms with Gasteiger partial charge in [0.2, 0.25) is 0 Å². The van der Waals surface area contributed by atoms with Gasteiger partial charge in [0.1, 0.15) is 0 Å². The van der Waals surface area contributed by atoms with Crippen molar-refractivity contribution in [2.24, 2.45) is 0 Å². The van der Waals surface area contributed by atoms with E-state index < -0.39 is 11.7 Å². The van der Waals surface area contributed by atoms with E-state index in [0.29, 0.717) is 17.7 Å². The Morgan fingerprint density at radius 3 is 2.61 bits per heavy atom. The van der Waals surface area contributed by atoms with Crippen molar-refractivity contribution in [3.63, 3.8) is 0 Å². The summed E-state index contributed by atoms with van der Waals surface area (Å²) < 4.78 is 38.9. The number of anilines is 1. The van der Waals surface area contributed by atoms with Crippen LogP contribution in [-0.2, 0) is 12.6 Å². The molecule has 3 rings (SSSR count). The van der Waals surface area contributed by atoms with Crippen molar-refractivity contribution in [3.8, 4) is 0 Å². The normalized spacial score (nSPS) is 24.1.